The summed E-state index contributed by atoms with van der Waals surface area (Å²) in [6.45, 7) is 2.03. The quantitative estimate of drug-likeness (QED) is 0.684. The summed E-state index contributed by atoms with van der Waals surface area (Å²) in [5.74, 6) is -1.33. The second-order valence-electron chi connectivity index (χ2n) is 3.16. The Morgan fingerprint density at radius 1 is 1.69 bits per heavy atom. The van der Waals surface area contributed by atoms with Crippen LogP contribution in [-0.2, 0) is 11.3 Å². The third kappa shape index (κ3) is 3.28. The Morgan fingerprint density at radius 3 is 2.88 bits per heavy atom. The fourth-order valence-electron chi connectivity index (χ4n) is 0.970. The van der Waals surface area contributed by atoms with Gasteiger partial charge in [0.25, 0.3) is 0 Å². The number of carbonyl (C=O) groups is 2. The maximum atomic E-state index is 11.3. The van der Waals surface area contributed by atoms with Crippen LogP contribution in [0, 0.1) is 0 Å². The first-order valence-corrected chi connectivity index (χ1v) is 5.63. The maximum absolute atomic E-state index is 11.3. The van der Waals surface area contributed by atoms with Gasteiger partial charge in [-0.25, -0.2) is 9.78 Å². The number of nitrogens with two attached hydrogens (primary N) is 1. The van der Waals surface area contributed by atoms with Crippen LogP contribution in [0.15, 0.2) is 5.38 Å². The molecule has 4 N–H and O–H groups in total. The fraction of sp³-hybridized carbons (Fsp3) is 0.444. The number of hydrogen-bond donors (Lipinski definition) is 3. The van der Waals surface area contributed by atoms with Crippen LogP contribution >= 0.6 is 11.3 Å². The minimum Gasteiger partial charge on any atom is -0.476 e. The van der Waals surface area contributed by atoms with Gasteiger partial charge in [0.15, 0.2) is 5.69 Å². The molecule has 1 aromatic heterocycles. The van der Waals surface area contributed by atoms with Crippen molar-refractivity contribution in [2.45, 2.75) is 25.9 Å². The number of rotatable bonds is 5. The number of hydrogen-bond acceptors (Lipinski definition) is 5. The van der Waals surface area contributed by atoms with E-state index in [4.69, 9.17) is 10.8 Å². The van der Waals surface area contributed by atoms with Crippen LogP contribution in [0.5, 0.6) is 0 Å². The summed E-state index contributed by atoms with van der Waals surface area (Å²) >= 11 is 1.19. The molecule has 0 aliphatic heterocycles. The van der Waals surface area contributed by atoms with Crippen molar-refractivity contribution < 1.29 is 14.7 Å². The smallest absolute Gasteiger partial charge is 0.355 e. The molecule has 0 spiro atoms. The Bertz CT molecular complexity index is 391. The van der Waals surface area contributed by atoms with Crippen LogP contribution < -0.4 is 11.1 Å². The number of carboxylic acid groups (broad SMARTS) is 1. The number of aromatic carboxylic acids is 1. The lowest BCUT2D eigenvalue weighted by Gasteiger charge is -2.08. The highest BCUT2D eigenvalue weighted by Crippen LogP contribution is 2.09. The molecule has 0 saturated heterocycles. The van der Waals surface area contributed by atoms with Crippen molar-refractivity contribution in [3.05, 3.63) is 16.1 Å². The van der Waals surface area contributed by atoms with E-state index in [9.17, 15) is 9.59 Å². The third-order valence-electron chi connectivity index (χ3n) is 1.96. The fourth-order valence-corrected chi connectivity index (χ4v) is 1.68. The lowest BCUT2D eigenvalue weighted by atomic mass is 10.2. The zero-order valence-corrected chi connectivity index (χ0v) is 9.58. The summed E-state index contributed by atoms with van der Waals surface area (Å²) in [7, 11) is 0. The highest BCUT2D eigenvalue weighted by atomic mass is 32.1. The molecule has 16 heavy (non-hydrogen) atoms. The number of aromatic nitrogens is 1. The van der Waals surface area contributed by atoms with Gasteiger partial charge in [0.2, 0.25) is 5.91 Å². The first-order valence-electron chi connectivity index (χ1n) is 4.75. The van der Waals surface area contributed by atoms with Crippen molar-refractivity contribution >= 4 is 23.2 Å². The van der Waals surface area contributed by atoms with Crippen molar-refractivity contribution in [2.75, 3.05) is 0 Å². The predicted molar refractivity (Wildman–Crippen MR) is 59.2 cm³/mol. The minimum atomic E-state index is -1.07. The summed E-state index contributed by atoms with van der Waals surface area (Å²) in [4.78, 5) is 25.7. The van der Waals surface area contributed by atoms with E-state index in [1.165, 1.54) is 16.7 Å². The van der Waals surface area contributed by atoms with Gasteiger partial charge >= 0.3 is 5.97 Å². The monoisotopic (exact) mass is 243 g/mol. The third-order valence-corrected chi connectivity index (χ3v) is 2.81. The molecule has 0 unspecified atom stereocenters. The zero-order valence-electron chi connectivity index (χ0n) is 8.77. The van der Waals surface area contributed by atoms with Gasteiger partial charge in [-0.3, -0.25) is 4.79 Å². The Kier molecular flexibility index (Phi) is 4.39. The molecule has 7 heteroatoms. The SMILES string of the molecule is CC[C@H](N)C(=O)NCc1nc(C(=O)O)cs1. The summed E-state index contributed by atoms with van der Waals surface area (Å²) in [6, 6.07) is -0.529. The van der Waals surface area contributed by atoms with E-state index in [0.29, 0.717) is 11.4 Å². The van der Waals surface area contributed by atoms with Crippen molar-refractivity contribution in [1.29, 1.82) is 0 Å². The van der Waals surface area contributed by atoms with Gasteiger partial charge in [0, 0.05) is 5.38 Å². The van der Waals surface area contributed by atoms with Crippen LogP contribution in [0.3, 0.4) is 0 Å². The van der Waals surface area contributed by atoms with Crippen LogP contribution in [0.1, 0.15) is 28.8 Å². The van der Waals surface area contributed by atoms with E-state index >= 15 is 0 Å². The molecule has 0 saturated carbocycles. The normalized spacial score (nSPS) is 12.1. The summed E-state index contributed by atoms with van der Waals surface area (Å²) < 4.78 is 0. The molecule has 0 aliphatic rings. The predicted octanol–water partition coefficient (Wildman–Crippen LogP) is 0.195. The molecule has 1 amide bonds. The Hall–Kier alpha value is -1.47. The summed E-state index contributed by atoms with van der Waals surface area (Å²) in [5, 5.41) is 13.2. The standard InChI is InChI=1S/C9H13N3O3S/c1-2-5(10)8(13)11-3-7-12-6(4-16-7)9(14)15/h4-5H,2-3,10H2,1H3,(H,11,13)(H,14,15)/t5-/m0/s1. The Labute approximate surface area is 96.5 Å². The largest absolute Gasteiger partial charge is 0.476 e. The van der Waals surface area contributed by atoms with E-state index in [-0.39, 0.29) is 18.1 Å². The van der Waals surface area contributed by atoms with E-state index in [2.05, 4.69) is 10.3 Å². The Morgan fingerprint density at radius 2 is 2.38 bits per heavy atom. The summed E-state index contributed by atoms with van der Waals surface area (Å²) in [6.07, 6.45) is 0.560. The molecule has 0 aromatic carbocycles. The van der Waals surface area contributed by atoms with E-state index in [0.717, 1.165) is 0 Å². The highest BCUT2D eigenvalue weighted by molar-refractivity contribution is 7.09. The van der Waals surface area contributed by atoms with Gasteiger partial charge in [-0.05, 0) is 6.42 Å². The number of thiazole rings is 1. The van der Waals surface area contributed by atoms with Crippen molar-refractivity contribution in [3.8, 4) is 0 Å². The average Bonchev–Trinajstić information content (AvgIpc) is 2.73. The van der Waals surface area contributed by atoms with Crippen molar-refractivity contribution in [2.24, 2.45) is 5.73 Å². The first-order chi connectivity index (χ1) is 7.54. The molecule has 1 rings (SSSR count). The molecule has 0 aliphatic carbocycles. The van der Waals surface area contributed by atoms with Crippen LogP contribution in [0.25, 0.3) is 0 Å². The number of carbonyl (C=O) groups excluding carboxylic acids is 1. The Balaban J connectivity index is 2.48. The van der Waals surface area contributed by atoms with Gasteiger partial charge < -0.3 is 16.2 Å². The second kappa shape index (κ2) is 5.57. The van der Waals surface area contributed by atoms with Crippen LogP contribution in [-0.4, -0.2) is 28.0 Å². The molecule has 0 radical (unpaired) electrons. The molecule has 88 valence electrons. The number of nitrogens with one attached hydrogen (secondary N) is 1. The molecular weight excluding hydrogens is 230 g/mol. The number of nitrogens with zero attached hydrogens (tertiary/aromatic N) is 1. The van der Waals surface area contributed by atoms with E-state index < -0.39 is 12.0 Å². The van der Waals surface area contributed by atoms with Crippen LogP contribution in [0.4, 0.5) is 0 Å². The maximum Gasteiger partial charge on any atom is 0.355 e. The lowest BCUT2D eigenvalue weighted by Crippen LogP contribution is -2.39. The molecule has 0 bridgehead atoms. The zero-order chi connectivity index (χ0) is 12.1. The summed E-state index contributed by atoms with van der Waals surface area (Å²) in [5.41, 5.74) is 5.51. The molecule has 0 fully saturated rings. The molecule has 1 aromatic rings. The average molecular weight is 243 g/mol. The van der Waals surface area contributed by atoms with Gasteiger partial charge in [-0.15, -0.1) is 11.3 Å². The van der Waals surface area contributed by atoms with Crippen molar-refractivity contribution in [3.63, 3.8) is 0 Å². The number of carboxylic acids is 1. The molecular formula is C9H13N3O3S. The molecule has 1 heterocycles. The van der Waals surface area contributed by atoms with Gasteiger partial charge in [0.05, 0.1) is 12.6 Å². The van der Waals surface area contributed by atoms with E-state index in [1.807, 2.05) is 6.92 Å². The molecule has 6 nitrogen and oxygen atoms in total. The van der Waals surface area contributed by atoms with Crippen molar-refractivity contribution in [1.82, 2.24) is 10.3 Å². The van der Waals surface area contributed by atoms with E-state index in [1.54, 1.807) is 0 Å². The van der Waals surface area contributed by atoms with Gasteiger partial charge in [0.1, 0.15) is 5.01 Å². The molecule has 1 atom stereocenters. The minimum absolute atomic E-state index is 0.00552. The van der Waals surface area contributed by atoms with Gasteiger partial charge in [-0.2, -0.15) is 0 Å². The second-order valence-corrected chi connectivity index (χ2v) is 4.11. The van der Waals surface area contributed by atoms with Gasteiger partial charge in [-0.1, -0.05) is 6.92 Å². The lowest BCUT2D eigenvalue weighted by molar-refractivity contribution is -0.122. The number of amides is 1. The first kappa shape index (κ1) is 12.6. The highest BCUT2D eigenvalue weighted by Gasteiger charge is 2.12. The van der Waals surface area contributed by atoms with Crippen LogP contribution in [0.2, 0.25) is 0 Å². The topological polar surface area (TPSA) is 105 Å².